The van der Waals surface area contributed by atoms with Crippen molar-refractivity contribution >= 4 is 21.8 Å². The standard InChI is InChI=1S/C19H19F2NO5S/c1-3-22(4-2)28(25,26)15-8-5-13(6-9-15)19(24)27-12-18(23)14-7-10-16(20)17(21)11-14/h5-11H,3-4,12H2,1-2H3. The van der Waals surface area contributed by atoms with Crippen molar-refractivity contribution < 1.29 is 31.5 Å². The number of ether oxygens (including phenoxy) is 1. The van der Waals surface area contributed by atoms with Gasteiger partial charge in [0.15, 0.2) is 24.0 Å². The zero-order chi connectivity index (χ0) is 20.9. The van der Waals surface area contributed by atoms with Crippen LogP contribution in [-0.2, 0) is 14.8 Å². The largest absolute Gasteiger partial charge is 0.454 e. The third kappa shape index (κ3) is 4.79. The van der Waals surface area contributed by atoms with Gasteiger partial charge in [0.25, 0.3) is 0 Å². The van der Waals surface area contributed by atoms with Gasteiger partial charge < -0.3 is 4.74 Å². The van der Waals surface area contributed by atoms with E-state index in [1.807, 2.05) is 0 Å². The summed E-state index contributed by atoms with van der Waals surface area (Å²) in [7, 11) is -3.65. The molecule has 0 radical (unpaired) electrons. The van der Waals surface area contributed by atoms with Crippen LogP contribution in [0.5, 0.6) is 0 Å². The molecule has 28 heavy (non-hydrogen) atoms. The highest BCUT2D eigenvalue weighted by molar-refractivity contribution is 7.89. The highest BCUT2D eigenvalue weighted by Gasteiger charge is 2.22. The molecule has 0 saturated heterocycles. The Bertz CT molecular complexity index is 970. The Balaban J connectivity index is 2.05. The molecule has 0 heterocycles. The number of hydrogen-bond donors (Lipinski definition) is 0. The Morgan fingerprint density at radius 3 is 2.04 bits per heavy atom. The van der Waals surface area contributed by atoms with Gasteiger partial charge in [-0.1, -0.05) is 13.8 Å². The zero-order valence-corrected chi connectivity index (χ0v) is 16.1. The van der Waals surface area contributed by atoms with Gasteiger partial charge in [0.05, 0.1) is 10.5 Å². The molecular formula is C19H19F2NO5S. The van der Waals surface area contributed by atoms with Crippen molar-refractivity contribution in [1.82, 2.24) is 4.31 Å². The summed E-state index contributed by atoms with van der Waals surface area (Å²) >= 11 is 0. The maximum Gasteiger partial charge on any atom is 0.338 e. The summed E-state index contributed by atoms with van der Waals surface area (Å²) in [5, 5.41) is 0. The fourth-order valence-electron chi connectivity index (χ4n) is 2.44. The predicted octanol–water partition coefficient (Wildman–Crippen LogP) is 3.04. The maximum absolute atomic E-state index is 13.2. The highest BCUT2D eigenvalue weighted by Crippen LogP contribution is 2.17. The van der Waals surface area contributed by atoms with E-state index >= 15 is 0 Å². The molecule has 0 saturated carbocycles. The summed E-state index contributed by atoms with van der Waals surface area (Å²) in [4.78, 5) is 24.0. The van der Waals surface area contributed by atoms with Gasteiger partial charge in [0, 0.05) is 18.7 Å². The first kappa shape index (κ1) is 21.6. The molecule has 9 heteroatoms. The van der Waals surface area contributed by atoms with Gasteiger partial charge in [0.2, 0.25) is 10.0 Å². The lowest BCUT2D eigenvalue weighted by Gasteiger charge is -2.18. The number of halogens is 2. The van der Waals surface area contributed by atoms with Crippen molar-refractivity contribution in [1.29, 1.82) is 0 Å². The highest BCUT2D eigenvalue weighted by atomic mass is 32.2. The van der Waals surface area contributed by atoms with E-state index in [-0.39, 0.29) is 16.0 Å². The molecule has 0 N–H and O–H groups in total. The van der Waals surface area contributed by atoms with E-state index < -0.39 is 40.0 Å². The quantitative estimate of drug-likeness (QED) is 0.493. The van der Waals surface area contributed by atoms with E-state index in [1.54, 1.807) is 13.8 Å². The van der Waals surface area contributed by atoms with Crippen LogP contribution in [0.2, 0.25) is 0 Å². The molecule has 0 aromatic heterocycles. The van der Waals surface area contributed by atoms with Crippen molar-refractivity contribution in [2.75, 3.05) is 19.7 Å². The normalized spacial score (nSPS) is 11.5. The summed E-state index contributed by atoms with van der Waals surface area (Å²) in [5.74, 6) is -3.81. The second-order valence-electron chi connectivity index (χ2n) is 5.74. The number of nitrogens with zero attached hydrogens (tertiary/aromatic N) is 1. The lowest BCUT2D eigenvalue weighted by atomic mass is 10.1. The Hall–Kier alpha value is -2.65. The third-order valence-electron chi connectivity index (χ3n) is 4.01. The van der Waals surface area contributed by atoms with E-state index in [9.17, 15) is 26.8 Å². The van der Waals surface area contributed by atoms with Crippen molar-refractivity contribution in [2.24, 2.45) is 0 Å². The molecule has 0 spiro atoms. The minimum Gasteiger partial charge on any atom is -0.454 e. The van der Waals surface area contributed by atoms with Crippen molar-refractivity contribution in [3.63, 3.8) is 0 Å². The number of carbonyl (C=O) groups excluding carboxylic acids is 2. The molecule has 2 aromatic carbocycles. The van der Waals surface area contributed by atoms with Crippen LogP contribution in [0.15, 0.2) is 47.4 Å². The number of sulfonamides is 1. The molecule has 0 atom stereocenters. The average Bonchev–Trinajstić information content (AvgIpc) is 2.68. The van der Waals surface area contributed by atoms with Gasteiger partial charge in [-0.05, 0) is 42.5 Å². The van der Waals surface area contributed by atoms with Crippen LogP contribution in [0.1, 0.15) is 34.6 Å². The predicted molar refractivity (Wildman–Crippen MR) is 97.5 cm³/mol. The van der Waals surface area contributed by atoms with E-state index in [1.165, 1.54) is 28.6 Å². The topological polar surface area (TPSA) is 80.8 Å². The van der Waals surface area contributed by atoms with Crippen LogP contribution in [0.25, 0.3) is 0 Å². The minimum atomic E-state index is -3.65. The molecule has 150 valence electrons. The second-order valence-corrected chi connectivity index (χ2v) is 7.68. The average molecular weight is 411 g/mol. The third-order valence-corrected chi connectivity index (χ3v) is 6.07. The van der Waals surface area contributed by atoms with Crippen LogP contribution in [0.3, 0.4) is 0 Å². The lowest BCUT2D eigenvalue weighted by Crippen LogP contribution is -2.30. The van der Waals surface area contributed by atoms with E-state index in [4.69, 9.17) is 4.74 Å². The van der Waals surface area contributed by atoms with Gasteiger partial charge in [-0.25, -0.2) is 22.0 Å². The van der Waals surface area contributed by atoms with Crippen LogP contribution >= 0.6 is 0 Å². The van der Waals surface area contributed by atoms with Gasteiger partial charge in [0.1, 0.15) is 0 Å². The summed E-state index contributed by atoms with van der Waals surface area (Å²) < 4.78 is 57.0. The first-order valence-corrected chi connectivity index (χ1v) is 9.90. The lowest BCUT2D eigenvalue weighted by molar-refractivity contribution is 0.0474. The maximum atomic E-state index is 13.2. The van der Waals surface area contributed by atoms with Crippen LogP contribution < -0.4 is 0 Å². The second kappa shape index (κ2) is 9.03. The summed E-state index contributed by atoms with van der Waals surface area (Å²) in [5.41, 5.74) is -0.0797. The Labute approximate surface area is 161 Å². The molecule has 0 aliphatic rings. The summed E-state index contributed by atoms with van der Waals surface area (Å²) in [6.07, 6.45) is 0. The number of Topliss-reactive ketones (excluding diaryl/α,β-unsaturated/α-hetero) is 1. The van der Waals surface area contributed by atoms with E-state index in [0.29, 0.717) is 13.1 Å². The summed E-state index contributed by atoms with van der Waals surface area (Å²) in [6.45, 7) is 3.40. The molecule has 0 fully saturated rings. The Morgan fingerprint density at radius 2 is 1.50 bits per heavy atom. The molecular weight excluding hydrogens is 392 g/mol. The van der Waals surface area contributed by atoms with Crippen LogP contribution in [-0.4, -0.2) is 44.2 Å². The Morgan fingerprint density at radius 1 is 0.929 bits per heavy atom. The smallest absolute Gasteiger partial charge is 0.338 e. The fourth-order valence-corrected chi connectivity index (χ4v) is 3.90. The molecule has 0 aliphatic heterocycles. The number of hydrogen-bond acceptors (Lipinski definition) is 5. The van der Waals surface area contributed by atoms with Crippen molar-refractivity contribution in [2.45, 2.75) is 18.7 Å². The molecule has 0 aliphatic carbocycles. The van der Waals surface area contributed by atoms with E-state index in [0.717, 1.165) is 18.2 Å². The first-order valence-electron chi connectivity index (χ1n) is 8.46. The monoisotopic (exact) mass is 411 g/mol. The number of benzene rings is 2. The number of ketones is 1. The number of esters is 1. The first-order chi connectivity index (χ1) is 13.2. The number of carbonyl (C=O) groups is 2. The SMILES string of the molecule is CCN(CC)S(=O)(=O)c1ccc(C(=O)OCC(=O)c2ccc(F)c(F)c2)cc1. The molecule has 2 rings (SSSR count). The molecule has 0 bridgehead atoms. The van der Waals surface area contributed by atoms with Gasteiger partial charge >= 0.3 is 5.97 Å². The van der Waals surface area contributed by atoms with Gasteiger partial charge in [-0.2, -0.15) is 4.31 Å². The van der Waals surface area contributed by atoms with Crippen molar-refractivity contribution in [3.8, 4) is 0 Å². The van der Waals surface area contributed by atoms with E-state index in [2.05, 4.69) is 0 Å². The van der Waals surface area contributed by atoms with Gasteiger partial charge in [-0.3, -0.25) is 4.79 Å². The van der Waals surface area contributed by atoms with Crippen molar-refractivity contribution in [3.05, 3.63) is 65.2 Å². The molecule has 0 unspecified atom stereocenters. The van der Waals surface area contributed by atoms with Crippen LogP contribution in [0, 0.1) is 11.6 Å². The summed E-state index contributed by atoms with van der Waals surface area (Å²) in [6, 6.07) is 7.73. The fraction of sp³-hybridized carbons (Fsp3) is 0.263. The number of rotatable bonds is 8. The molecule has 0 amide bonds. The van der Waals surface area contributed by atoms with Crippen LogP contribution in [0.4, 0.5) is 8.78 Å². The Kier molecular flexibility index (Phi) is 6.98. The molecule has 2 aromatic rings. The zero-order valence-electron chi connectivity index (χ0n) is 15.3. The van der Waals surface area contributed by atoms with Gasteiger partial charge in [-0.15, -0.1) is 0 Å². The minimum absolute atomic E-state index is 0.0330. The molecule has 6 nitrogen and oxygen atoms in total.